The van der Waals surface area contributed by atoms with E-state index in [9.17, 15) is 4.79 Å². The number of anilines is 2. The van der Waals surface area contributed by atoms with Gasteiger partial charge in [0.15, 0.2) is 5.76 Å². The number of nitrogens with one attached hydrogen (secondary N) is 1. The quantitative estimate of drug-likeness (QED) is 0.473. The molecule has 2 aromatic carbocycles. The SMILES string of the molecule is Cc1cc(Br)ccc1-c1ccc(C(=O)Nc2c(C)cc(N)cc2Br)o1. The Morgan fingerprint density at radius 3 is 2.48 bits per heavy atom. The Hall–Kier alpha value is -2.05. The van der Waals surface area contributed by atoms with Gasteiger partial charge in [-0.05, 0) is 83.4 Å². The largest absolute Gasteiger partial charge is 0.451 e. The number of hydrogen-bond acceptors (Lipinski definition) is 3. The van der Waals surface area contributed by atoms with Crippen molar-refractivity contribution in [2.75, 3.05) is 11.1 Å². The van der Waals surface area contributed by atoms with Crippen LogP contribution in [0.3, 0.4) is 0 Å². The van der Waals surface area contributed by atoms with Crippen LogP contribution in [-0.2, 0) is 0 Å². The van der Waals surface area contributed by atoms with Crippen LogP contribution in [0.15, 0.2) is 55.8 Å². The molecule has 0 atom stereocenters. The predicted octanol–water partition coefficient (Wildman–Crippen LogP) is 5.92. The second-order valence-corrected chi connectivity index (χ2v) is 7.54. The molecule has 0 aliphatic heterocycles. The topological polar surface area (TPSA) is 68.3 Å². The van der Waals surface area contributed by atoms with Gasteiger partial charge in [-0.1, -0.05) is 15.9 Å². The minimum Gasteiger partial charge on any atom is -0.451 e. The second-order valence-electron chi connectivity index (χ2n) is 5.77. The first kappa shape index (κ1) is 17.8. The van der Waals surface area contributed by atoms with Gasteiger partial charge in [0.2, 0.25) is 0 Å². The fraction of sp³-hybridized carbons (Fsp3) is 0.105. The minimum absolute atomic E-state index is 0.250. The van der Waals surface area contributed by atoms with Gasteiger partial charge in [-0.2, -0.15) is 0 Å². The molecule has 0 bridgehead atoms. The molecule has 4 nitrogen and oxygen atoms in total. The molecule has 3 aromatic rings. The summed E-state index contributed by atoms with van der Waals surface area (Å²) in [5, 5.41) is 2.87. The van der Waals surface area contributed by atoms with Crippen LogP contribution in [0.1, 0.15) is 21.7 Å². The molecule has 6 heteroatoms. The van der Waals surface area contributed by atoms with E-state index in [1.165, 1.54) is 0 Å². The summed E-state index contributed by atoms with van der Waals surface area (Å²) in [5.74, 6) is 0.596. The maximum Gasteiger partial charge on any atom is 0.291 e. The molecular formula is C19H16Br2N2O2. The van der Waals surface area contributed by atoms with Crippen LogP contribution < -0.4 is 11.1 Å². The van der Waals surface area contributed by atoms with Crippen molar-refractivity contribution in [2.24, 2.45) is 0 Å². The molecule has 1 aromatic heterocycles. The summed E-state index contributed by atoms with van der Waals surface area (Å²) in [6, 6.07) is 12.9. The molecule has 1 amide bonds. The Labute approximate surface area is 162 Å². The molecule has 128 valence electrons. The van der Waals surface area contributed by atoms with Crippen molar-refractivity contribution in [1.82, 2.24) is 0 Å². The Balaban J connectivity index is 1.86. The number of aryl methyl sites for hydroxylation is 2. The van der Waals surface area contributed by atoms with Crippen molar-refractivity contribution in [3.8, 4) is 11.3 Å². The summed E-state index contributed by atoms with van der Waals surface area (Å²) in [5.41, 5.74) is 9.99. The summed E-state index contributed by atoms with van der Waals surface area (Å²) in [6.45, 7) is 3.88. The molecule has 0 spiro atoms. The summed E-state index contributed by atoms with van der Waals surface area (Å²) in [7, 11) is 0. The third-order valence-corrected chi connectivity index (χ3v) is 4.95. The van der Waals surface area contributed by atoms with Gasteiger partial charge in [0.05, 0.1) is 5.69 Å². The normalized spacial score (nSPS) is 10.7. The highest BCUT2D eigenvalue weighted by molar-refractivity contribution is 9.10. The monoisotopic (exact) mass is 462 g/mol. The molecule has 0 fully saturated rings. The molecule has 0 unspecified atom stereocenters. The van der Waals surface area contributed by atoms with Crippen LogP contribution in [0.2, 0.25) is 0 Å². The molecule has 25 heavy (non-hydrogen) atoms. The van der Waals surface area contributed by atoms with Crippen LogP contribution in [0.5, 0.6) is 0 Å². The van der Waals surface area contributed by atoms with E-state index in [0.717, 1.165) is 25.6 Å². The third kappa shape index (κ3) is 3.80. The zero-order valence-electron chi connectivity index (χ0n) is 13.7. The molecule has 0 aliphatic rings. The average Bonchev–Trinajstić information content (AvgIpc) is 3.00. The minimum atomic E-state index is -0.311. The Bertz CT molecular complexity index is 941. The van der Waals surface area contributed by atoms with E-state index in [0.29, 0.717) is 17.1 Å². The maximum atomic E-state index is 12.5. The molecule has 3 N–H and O–H groups in total. The number of amides is 1. The first-order valence-electron chi connectivity index (χ1n) is 7.58. The van der Waals surface area contributed by atoms with Crippen LogP contribution in [0.25, 0.3) is 11.3 Å². The molecule has 1 heterocycles. The number of hydrogen-bond donors (Lipinski definition) is 2. The smallest absolute Gasteiger partial charge is 0.291 e. The lowest BCUT2D eigenvalue weighted by Crippen LogP contribution is -2.12. The average molecular weight is 464 g/mol. The fourth-order valence-corrected chi connectivity index (χ4v) is 3.76. The number of rotatable bonds is 3. The summed E-state index contributed by atoms with van der Waals surface area (Å²) < 4.78 is 7.49. The zero-order valence-corrected chi connectivity index (χ0v) is 16.9. The van der Waals surface area contributed by atoms with Crippen molar-refractivity contribution in [1.29, 1.82) is 0 Å². The second kappa shape index (κ2) is 7.06. The highest BCUT2D eigenvalue weighted by Gasteiger charge is 2.16. The van der Waals surface area contributed by atoms with Gasteiger partial charge >= 0.3 is 0 Å². The van der Waals surface area contributed by atoms with Crippen LogP contribution in [0.4, 0.5) is 11.4 Å². The van der Waals surface area contributed by atoms with Crippen molar-refractivity contribution >= 4 is 49.1 Å². The Morgan fingerprint density at radius 2 is 1.80 bits per heavy atom. The first-order chi connectivity index (χ1) is 11.8. The standard InChI is InChI=1S/C19H16Br2N2O2/c1-10-7-12(20)3-4-14(10)16-5-6-17(25-16)19(24)23-18-11(2)8-13(22)9-15(18)21/h3-9H,22H2,1-2H3,(H,23,24). The van der Waals surface area contributed by atoms with Crippen molar-refractivity contribution in [3.63, 3.8) is 0 Å². The highest BCUT2D eigenvalue weighted by atomic mass is 79.9. The number of nitrogens with two attached hydrogens (primary N) is 1. The predicted molar refractivity (Wildman–Crippen MR) is 108 cm³/mol. The fourth-order valence-electron chi connectivity index (χ4n) is 2.61. The first-order valence-corrected chi connectivity index (χ1v) is 9.17. The van der Waals surface area contributed by atoms with E-state index < -0.39 is 0 Å². The highest BCUT2D eigenvalue weighted by Crippen LogP contribution is 2.31. The van der Waals surface area contributed by atoms with Crippen LogP contribution in [0, 0.1) is 13.8 Å². The number of furan rings is 1. The van der Waals surface area contributed by atoms with E-state index >= 15 is 0 Å². The Kier molecular flexibility index (Phi) is 5.01. The Morgan fingerprint density at radius 1 is 1.04 bits per heavy atom. The van der Waals surface area contributed by atoms with Crippen LogP contribution >= 0.6 is 31.9 Å². The van der Waals surface area contributed by atoms with E-state index in [4.69, 9.17) is 10.2 Å². The van der Waals surface area contributed by atoms with Gasteiger partial charge in [-0.15, -0.1) is 0 Å². The molecule has 0 saturated carbocycles. The van der Waals surface area contributed by atoms with E-state index in [1.807, 2.05) is 32.0 Å². The maximum absolute atomic E-state index is 12.5. The summed E-state index contributed by atoms with van der Waals surface area (Å²) in [6.07, 6.45) is 0. The van der Waals surface area contributed by atoms with Gasteiger partial charge in [-0.25, -0.2) is 0 Å². The molecule has 3 rings (SSSR count). The lowest BCUT2D eigenvalue weighted by Gasteiger charge is -2.10. The summed E-state index contributed by atoms with van der Waals surface area (Å²) in [4.78, 5) is 12.5. The van der Waals surface area contributed by atoms with Gasteiger partial charge < -0.3 is 15.5 Å². The molecule has 0 radical (unpaired) electrons. The van der Waals surface area contributed by atoms with E-state index in [1.54, 1.807) is 24.3 Å². The third-order valence-electron chi connectivity index (χ3n) is 3.83. The number of nitrogen functional groups attached to an aromatic ring is 1. The van der Waals surface area contributed by atoms with Crippen LogP contribution in [-0.4, -0.2) is 5.91 Å². The van der Waals surface area contributed by atoms with Gasteiger partial charge in [-0.3, -0.25) is 4.79 Å². The molecule has 0 aliphatic carbocycles. The number of carbonyl (C=O) groups is 1. The number of halogens is 2. The van der Waals surface area contributed by atoms with Crippen molar-refractivity contribution in [3.05, 3.63) is 68.3 Å². The van der Waals surface area contributed by atoms with E-state index in [-0.39, 0.29) is 11.7 Å². The lowest BCUT2D eigenvalue weighted by atomic mass is 10.1. The molecular weight excluding hydrogens is 448 g/mol. The van der Waals surface area contributed by atoms with Gasteiger partial charge in [0.1, 0.15) is 5.76 Å². The zero-order chi connectivity index (χ0) is 18.1. The van der Waals surface area contributed by atoms with Crippen molar-refractivity contribution in [2.45, 2.75) is 13.8 Å². The van der Waals surface area contributed by atoms with E-state index in [2.05, 4.69) is 37.2 Å². The number of carbonyl (C=O) groups excluding carboxylic acids is 1. The summed E-state index contributed by atoms with van der Waals surface area (Å²) >= 11 is 6.87. The van der Waals surface area contributed by atoms with Gasteiger partial charge in [0.25, 0.3) is 5.91 Å². The lowest BCUT2D eigenvalue weighted by molar-refractivity contribution is 0.0997. The number of benzene rings is 2. The van der Waals surface area contributed by atoms with Crippen molar-refractivity contribution < 1.29 is 9.21 Å². The molecule has 0 saturated heterocycles. The van der Waals surface area contributed by atoms with Gasteiger partial charge in [0, 0.05) is 20.2 Å².